The van der Waals surface area contributed by atoms with Crippen molar-refractivity contribution in [2.24, 2.45) is 0 Å². The fourth-order valence-electron chi connectivity index (χ4n) is 3.97. The van der Waals surface area contributed by atoms with Gasteiger partial charge in [-0.15, -0.1) is 5.10 Å². The van der Waals surface area contributed by atoms with E-state index in [0.717, 1.165) is 5.52 Å². The molecule has 4 aromatic rings. The van der Waals surface area contributed by atoms with Crippen molar-refractivity contribution in [3.8, 4) is 5.75 Å². The van der Waals surface area contributed by atoms with Gasteiger partial charge in [-0.2, -0.15) is 0 Å². The first-order chi connectivity index (χ1) is 17.6. The first-order valence-corrected chi connectivity index (χ1v) is 11.7. The molecule has 36 heavy (non-hydrogen) atoms. The summed E-state index contributed by atoms with van der Waals surface area (Å²) in [6.07, 6.45) is 1.54. The smallest absolute Gasteiger partial charge is 0.247 e. The molecule has 1 unspecified atom stereocenters. The standard InChI is InChI=1S/C26H29N5O5/c1-3-35-23-13-7-4-10-20(23)25(26(33)27-17-19-9-8-15-36-19)30(14-16-34-2)24(32)18-31-22-12-6-5-11-21(22)28-29-31/h4-13,15,25H,3,14,16-18H2,1-2H3,(H,27,33). The largest absolute Gasteiger partial charge is 0.494 e. The van der Waals surface area contributed by atoms with E-state index in [0.29, 0.717) is 29.2 Å². The molecule has 2 aromatic carbocycles. The molecule has 4 rings (SSSR count). The maximum Gasteiger partial charge on any atom is 0.247 e. The Bertz CT molecular complexity index is 1290. The molecule has 0 saturated carbocycles. The summed E-state index contributed by atoms with van der Waals surface area (Å²) in [5.74, 6) is 0.447. The summed E-state index contributed by atoms with van der Waals surface area (Å²) in [4.78, 5) is 28.9. The maximum atomic E-state index is 13.7. The van der Waals surface area contributed by atoms with E-state index in [1.807, 2.05) is 43.3 Å². The third-order valence-electron chi connectivity index (χ3n) is 5.65. The van der Waals surface area contributed by atoms with Crippen LogP contribution in [0.3, 0.4) is 0 Å². The summed E-state index contributed by atoms with van der Waals surface area (Å²) in [6.45, 7) is 2.78. The SMILES string of the molecule is CCOc1ccccc1C(C(=O)NCc1ccco1)N(CCOC)C(=O)Cn1nnc2ccccc21. The zero-order chi connectivity index (χ0) is 25.3. The third-order valence-corrected chi connectivity index (χ3v) is 5.65. The second-order valence-corrected chi connectivity index (χ2v) is 7.99. The molecule has 1 atom stereocenters. The van der Waals surface area contributed by atoms with E-state index in [1.54, 1.807) is 37.6 Å². The Morgan fingerprint density at radius 2 is 1.92 bits per heavy atom. The molecule has 0 fully saturated rings. The minimum atomic E-state index is -0.972. The highest BCUT2D eigenvalue weighted by Gasteiger charge is 2.33. The predicted molar refractivity (Wildman–Crippen MR) is 132 cm³/mol. The molecule has 1 N–H and O–H groups in total. The molecule has 188 valence electrons. The Hall–Kier alpha value is -4.18. The summed E-state index contributed by atoms with van der Waals surface area (Å²) in [5, 5.41) is 11.2. The van der Waals surface area contributed by atoms with E-state index >= 15 is 0 Å². The monoisotopic (exact) mass is 491 g/mol. The Balaban J connectivity index is 1.69. The van der Waals surface area contributed by atoms with Crippen molar-refractivity contribution in [3.63, 3.8) is 0 Å². The van der Waals surface area contributed by atoms with Crippen molar-refractivity contribution in [2.75, 3.05) is 26.9 Å². The van der Waals surface area contributed by atoms with Crippen LogP contribution in [0.5, 0.6) is 5.75 Å². The van der Waals surface area contributed by atoms with Crippen LogP contribution in [0.1, 0.15) is 24.3 Å². The minimum absolute atomic E-state index is 0.0943. The molecule has 2 heterocycles. The zero-order valence-corrected chi connectivity index (χ0v) is 20.3. The number of nitrogens with one attached hydrogen (secondary N) is 1. The van der Waals surface area contributed by atoms with Crippen LogP contribution in [-0.2, 0) is 27.4 Å². The fourth-order valence-corrected chi connectivity index (χ4v) is 3.97. The molecule has 0 aliphatic heterocycles. The average Bonchev–Trinajstić information content (AvgIpc) is 3.56. The number of carbonyl (C=O) groups excluding carboxylic acids is 2. The number of methoxy groups -OCH3 is 1. The van der Waals surface area contributed by atoms with Crippen molar-refractivity contribution in [1.29, 1.82) is 0 Å². The number of amides is 2. The Labute approximate surface area is 208 Å². The van der Waals surface area contributed by atoms with Crippen LogP contribution < -0.4 is 10.1 Å². The molecule has 0 saturated heterocycles. The molecule has 0 spiro atoms. The van der Waals surface area contributed by atoms with Gasteiger partial charge in [0.25, 0.3) is 0 Å². The van der Waals surface area contributed by atoms with Gasteiger partial charge in [-0.1, -0.05) is 35.5 Å². The number of hydrogen-bond acceptors (Lipinski definition) is 7. The molecular formula is C26H29N5O5. The minimum Gasteiger partial charge on any atom is -0.494 e. The highest BCUT2D eigenvalue weighted by atomic mass is 16.5. The lowest BCUT2D eigenvalue weighted by molar-refractivity contribution is -0.142. The van der Waals surface area contributed by atoms with E-state index in [9.17, 15) is 9.59 Å². The zero-order valence-electron chi connectivity index (χ0n) is 20.3. The lowest BCUT2D eigenvalue weighted by atomic mass is 10.0. The van der Waals surface area contributed by atoms with Crippen LogP contribution in [0, 0.1) is 0 Å². The Morgan fingerprint density at radius 3 is 2.69 bits per heavy atom. The molecule has 0 bridgehead atoms. The van der Waals surface area contributed by atoms with Crippen molar-refractivity contribution < 1.29 is 23.5 Å². The number of benzene rings is 2. The summed E-state index contributed by atoms with van der Waals surface area (Å²) < 4.78 is 18.0. The molecular weight excluding hydrogens is 462 g/mol. The Morgan fingerprint density at radius 1 is 1.11 bits per heavy atom. The molecule has 2 amide bonds. The number of para-hydroxylation sites is 2. The van der Waals surface area contributed by atoms with Gasteiger partial charge in [-0.25, -0.2) is 4.68 Å². The number of fused-ring (bicyclic) bond motifs is 1. The third kappa shape index (κ3) is 5.72. The van der Waals surface area contributed by atoms with Crippen molar-refractivity contribution >= 4 is 22.8 Å². The predicted octanol–water partition coefficient (Wildman–Crippen LogP) is 2.96. The van der Waals surface area contributed by atoms with Crippen LogP contribution in [0.4, 0.5) is 0 Å². The van der Waals surface area contributed by atoms with E-state index < -0.39 is 6.04 Å². The van der Waals surface area contributed by atoms with Crippen LogP contribution in [0.15, 0.2) is 71.3 Å². The summed E-state index contributed by atoms with van der Waals surface area (Å²) in [5.41, 5.74) is 1.98. The molecule has 2 aromatic heterocycles. The van der Waals surface area contributed by atoms with Crippen LogP contribution >= 0.6 is 0 Å². The van der Waals surface area contributed by atoms with Gasteiger partial charge in [-0.05, 0) is 37.3 Å². The lowest BCUT2D eigenvalue weighted by Crippen LogP contribution is -2.46. The first-order valence-electron chi connectivity index (χ1n) is 11.7. The van der Waals surface area contributed by atoms with Gasteiger partial charge < -0.3 is 24.1 Å². The summed E-state index contributed by atoms with van der Waals surface area (Å²) >= 11 is 0. The number of hydrogen-bond donors (Lipinski definition) is 1. The number of nitrogens with zero attached hydrogens (tertiary/aromatic N) is 4. The fraction of sp³-hybridized carbons (Fsp3) is 0.308. The van der Waals surface area contributed by atoms with E-state index in [1.165, 1.54) is 9.58 Å². The highest BCUT2D eigenvalue weighted by molar-refractivity contribution is 5.89. The van der Waals surface area contributed by atoms with E-state index in [-0.39, 0.29) is 38.1 Å². The quantitative estimate of drug-likeness (QED) is 0.324. The van der Waals surface area contributed by atoms with E-state index in [4.69, 9.17) is 13.9 Å². The molecule has 0 radical (unpaired) electrons. The van der Waals surface area contributed by atoms with Crippen molar-refractivity contribution in [2.45, 2.75) is 26.1 Å². The van der Waals surface area contributed by atoms with Gasteiger partial charge in [0, 0.05) is 19.2 Å². The van der Waals surface area contributed by atoms with Gasteiger partial charge in [0.1, 0.15) is 29.6 Å². The molecule has 0 aliphatic rings. The number of carbonyl (C=O) groups is 2. The average molecular weight is 492 g/mol. The number of rotatable bonds is 12. The summed E-state index contributed by atoms with van der Waals surface area (Å²) in [7, 11) is 1.55. The van der Waals surface area contributed by atoms with E-state index in [2.05, 4.69) is 15.6 Å². The number of ether oxygens (including phenoxy) is 2. The normalized spacial score (nSPS) is 11.8. The molecule has 10 heteroatoms. The van der Waals surface area contributed by atoms with Gasteiger partial charge >= 0.3 is 0 Å². The van der Waals surface area contributed by atoms with Gasteiger partial charge in [0.05, 0.1) is 31.5 Å². The van der Waals surface area contributed by atoms with Gasteiger partial charge in [0.2, 0.25) is 11.8 Å². The van der Waals surface area contributed by atoms with Gasteiger partial charge in [0.15, 0.2) is 0 Å². The van der Waals surface area contributed by atoms with Crippen LogP contribution in [0.2, 0.25) is 0 Å². The molecule has 0 aliphatic carbocycles. The van der Waals surface area contributed by atoms with Crippen LogP contribution in [0.25, 0.3) is 11.0 Å². The van der Waals surface area contributed by atoms with Crippen molar-refractivity contribution in [3.05, 3.63) is 78.3 Å². The highest BCUT2D eigenvalue weighted by Crippen LogP contribution is 2.30. The summed E-state index contributed by atoms with van der Waals surface area (Å²) in [6, 6.07) is 17.2. The van der Waals surface area contributed by atoms with Gasteiger partial charge in [-0.3, -0.25) is 9.59 Å². The molecule has 10 nitrogen and oxygen atoms in total. The lowest BCUT2D eigenvalue weighted by Gasteiger charge is -2.32. The van der Waals surface area contributed by atoms with Crippen LogP contribution in [-0.4, -0.2) is 58.6 Å². The topological polar surface area (TPSA) is 112 Å². The number of aromatic nitrogens is 3. The second-order valence-electron chi connectivity index (χ2n) is 7.99. The first kappa shape index (κ1) is 24.9. The maximum absolute atomic E-state index is 13.7. The number of furan rings is 1. The Kier molecular flexibility index (Phi) is 8.30. The second kappa shape index (κ2) is 12.0. The van der Waals surface area contributed by atoms with Crippen molar-refractivity contribution in [1.82, 2.24) is 25.2 Å².